The van der Waals surface area contributed by atoms with Crippen LogP contribution < -0.4 is 10.9 Å². The number of nitrogens with one attached hydrogen (secondary N) is 2. The van der Waals surface area contributed by atoms with Gasteiger partial charge in [-0.2, -0.15) is 0 Å². The van der Waals surface area contributed by atoms with Gasteiger partial charge in [-0.05, 0) is 42.5 Å². The molecule has 2 aromatic rings. The summed E-state index contributed by atoms with van der Waals surface area (Å²) in [5.74, 6) is 0.205. The number of benzene rings is 1. The van der Waals surface area contributed by atoms with Gasteiger partial charge >= 0.3 is 0 Å². The van der Waals surface area contributed by atoms with Crippen molar-refractivity contribution in [3.63, 3.8) is 0 Å². The maximum Gasteiger partial charge on any atom is 0.241 e. The molecule has 2 aliphatic rings. The highest BCUT2D eigenvalue weighted by atomic mass is 16.2. The molecule has 2 N–H and O–H groups in total. The van der Waals surface area contributed by atoms with Crippen molar-refractivity contribution in [1.29, 1.82) is 0 Å². The van der Waals surface area contributed by atoms with E-state index in [1.54, 1.807) is 12.4 Å². The Bertz CT molecular complexity index is 751. The van der Waals surface area contributed by atoms with Crippen molar-refractivity contribution in [3.05, 3.63) is 66.0 Å². The van der Waals surface area contributed by atoms with E-state index in [0.29, 0.717) is 0 Å². The Morgan fingerprint density at radius 1 is 1.15 bits per heavy atom. The predicted molar refractivity (Wildman–Crippen MR) is 101 cm³/mol. The van der Waals surface area contributed by atoms with Gasteiger partial charge < -0.3 is 4.90 Å². The Morgan fingerprint density at radius 3 is 2.69 bits per heavy atom. The molecule has 2 saturated heterocycles. The number of hydrogen-bond acceptors (Lipinski definition) is 4. The Morgan fingerprint density at radius 2 is 1.92 bits per heavy atom. The summed E-state index contributed by atoms with van der Waals surface area (Å²) in [6.45, 7) is 3.91. The topological polar surface area (TPSA) is 57.3 Å². The summed E-state index contributed by atoms with van der Waals surface area (Å²) in [6.07, 6.45) is 6.52. The molecule has 26 heavy (non-hydrogen) atoms. The fourth-order valence-corrected chi connectivity index (χ4v) is 4.26. The van der Waals surface area contributed by atoms with Crippen LogP contribution >= 0.6 is 0 Å². The lowest BCUT2D eigenvalue weighted by atomic mass is 9.76. The predicted octanol–water partition coefficient (Wildman–Crippen LogP) is 2.57. The normalized spacial score (nSPS) is 28.9. The highest BCUT2D eigenvalue weighted by Gasteiger charge is 2.38. The van der Waals surface area contributed by atoms with Crippen LogP contribution in [0.2, 0.25) is 0 Å². The van der Waals surface area contributed by atoms with Crippen molar-refractivity contribution in [3.8, 4) is 0 Å². The number of amides is 1. The first kappa shape index (κ1) is 17.2. The van der Waals surface area contributed by atoms with E-state index in [4.69, 9.17) is 0 Å². The number of carbonyl (C=O) groups excluding carboxylic acids is 1. The van der Waals surface area contributed by atoms with Gasteiger partial charge in [0, 0.05) is 36.9 Å². The van der Waals surface area contributed by atoms with E-state index < -0.39 is 0 Å². The zero-order chi connectivity index (χ0) is 18.0. The molecule has 2 aliphatic heterocycles. The molecule has 1 aromatic carbocycles. The molecule has 0 radical (unpaired) electrons. The average molecular weight is 350 g/mol. The van der Waals surface area contributed by atoms with Crippen LogP contribution in [0.4, 0.5) is 0 Å². The van der Waals surface area contributed by atoms with Crippen LogP contribution in [0.25, 0.3) is 0 Å². The highest BCUT2D eigenvalue weighted by molar-refractivity contribution is 5.82. The zero-order valence-electron chi connectivity index (χ0n) is 15.2. The number of hydrogen-bond donors (Lipinski definition) is 2. The smallest absolute Gasteiger partial charge is 0.241 e. The first-order valence-corrected chi connectivity index (χ1v) is 9.41. The van der Waals surface area contributed by atoms with Crippen molar-refractivity contribution >= 4 is 5.91 Å². The Balaban J connectivity index is 1.44. The molecular weight excluding hydrogens is 324 g/mol. The van der Waals surface area contributed by atoms with E-state index in [9.17, 15) is 4.79 Å². The van der Waals surface area contributed by atoms with E-state index in [1.165, 1.54) is 5.56 Å². The monoisotopic (exact) mass is 350 g/mol. The van der Waals surface area contributed by atoms with E-state index in [2.05, 4.69) is 47.0 Å². The maximum absolute atomic E-state index is 13.1. The summed E-state index contributed by atoms with van der Waals surface area (Å²) >= 11 is 0. The first-order chi connectivity index (χ1) is 12.7. The molecule has 3 unspecified atom stereocenters. The molecule has 0 bridgehead atoms. The minimum Gasteiger partial charge on any atom is -0.340 e. The van der Waals surface area contributed by atoms with Crippen LogP contribution in [-0.4, -0.2) is 34.9 Å². The standard InChI is InChI=1S/C21H26N4O/c1-21(17-6-3-2-4-7-17)10-5-13-25(15-21)20(26)19-14-18(23-24-19)16-8-11-22-12-9-16/h2-4,6-9,11-12,18-19,23-24H,5,10,13-15H2,1H3. The zero-order valence-corrected chi connectivity index (χ0v) is 15.2. The summed E-state index contributed by atoms with van der Waals surface area (Å²) in [6, 6.07) is 14.6. The second kappa shape index (κ2) is 7.17. The molecule has 0 spiro atoms. The Hall–Kier alpha value is -2.24. The Kier molecular flexibility index (Phi) is 4.74. The molecule has 5 nitrogen and oxygen atoms in total. The van der Waals surface area contributed by atoms with Crippen molar-refractivity contribution in [2.24, 2.45) is 0 Å². The van der Waals surface area contributed by atoms with E-state index in [-0.39, 0.29) is 23.4 Å². The van der Waals surface area contributed by atoms with E-state index >= 15 is 0 Å². The number of carbonyl (C=O) groups is 1. The molecular formula is C21H26N4O. The Labute approximate surface area is 154 Å². The third-order valence-electron chi connectivity index (χ3n) is 5.79. The van der Waals surface area contributed by atoms with E-state index in [1.807, 2.05) is 23.1 Å². The molecule has 1 aromatic heterocycles. The number of piperidine rings is 1. The lowest BCUT2D eigenvalue weighted by molar-refractivity contribution is -0.135. The van der Waals surface area contributed by atoms with Gasteiger partial charge in [-0.3, -0.25) is 9.78 Å². The molecule has 3 atom stereocenters. The maximum atomic E-state index is 13.1. The summed E-state index contributed by atoms with van der Waals surface area (Å²) < 4.78 is 0. The van der Waals surface area contributed by atoms with Crippen LogP contribution in [0.15, 0.2) is 54.9 Å². The van der Waals surface area contributed by atoms with Gasteiger partial charge in [0.05, 0.1) is 0 Å². The third kappa shape index (κ3) is 3.37. The van der Waals surface area contributed by atoms with Gasteiger partial charge in [-0.1, -0.05) is 37.3 Å². The lowest BCUT2D eigenvalue weighted by Crippen LogP contribution is -2.52. The molecule has 1 amide bonds. The molecule has 136 valence electrons. The number of hydrazine groups is 1. The van der Waals surface area contributed by atoms with Gasteiger partial charge in [0.15, 0.2) is 0 Å². The molecule has 0 saturated carbocycles. The lowest BCUT2D eigenvalue weighted by Gasteiger charge is -2.41. The largest absolute Gasteiger partial charge is 0.340 e. The fourth-order valence-electron chi connectivity index (χ4n) is 4.26. The molecule has 4 rings (SSSR count). The van der Waals surface area contributed by atoms with Crippen LogP contribution in [0.5, 0.6) is 0 Å². The number of nitrogens with zero attached hydrogens (tertiary/aromatic N) is 2. The number of likely N-dealkylation sites (tertiary alicyclic amines) is 1. The van der Waals surface area contributed by atoms with Crippen LogP contribution in [0.1, 0.15) is 43.4 Å². The van der Waals surface area contributed by atoms with Gasteiger partial charge in [-0.25, -0.2) is 10.9 Å². The second-order valence-corrected chi connectivity index (χ2v) is 7.70. The van der Waals surface area contributed by atoms with E-state index in [0.717, 1.165) is 37.9 Å². The van der Waals surface area contributed by atoms with Crippen molar-refractivity contribution in [2.75, 3.05) is 13.1 Å². The van der Waals surface area contributed by atoms with Crippen LogP contribution in [-0.2, 0) is 10.2 Å². The molecule has 0 aliphatic carbocycles. The molecule has 2 fully saturated rings. The van der Waals surface area contributed by atoms with Crippen molar-refractivity contribution < 1.29 is 4.79 Å². The number of pyridine rings is 1. The van der Waals surface area contributed by atoms with Gasteiger partial charge in [0.1, 0.15) is 6.04 Å². The summed E-state index contributed by atoms with van der Waals surface area (Å²) in [7, 11) is 0. The minimum atomic E-state index is -0.175. The van der Waals surface area contributed by atoms with Gasteiger partial charge in [-0.15, -0.1) is 0 Å². The fraction of sp³-hybridized carbons (Fsp3) is 0.429. The van der Waals surface area contributed by atoms with Crippen molar-refractivity contribution in [2.45, 2.75) is 43.7 Å². The number of rotatable bonds is 3. The quantitative estimate of drug-likeness (QED) is 0.893. The summed E-state index contributed by atoms with van der Waals surface area (Å²) in [5.41, 5.74) is 9.00. The second-order valence-electron chi connectivity index (χ2n) is 7.70. The highest BCUT2D eigenvalue weighted by Crippen LogP contribution is 2.34. The summed E-state index contributed by atoms with van der Waals surface area (Å²) in [5, 5.41) is 0. The first-order valence-electron chi connectivity index (χ1n) is 9.41. The minimum absolute atomic E-state index is 0.0334. The molecule has 3 heterocycles. The molecule has 5 heteroatoms. The van der Waals surface area contributed by atoms with Crippen LogP contribution in [0.3, 0.4) is 0 Å². The third-order valence-corrected chi connectivity index (χ3v) is 5.79. The van der Waals surface area contributed by atoms with Gasteiger partial charge in [0.2, 0.25) is 5.91 Å². The average Bonchev–Trinajstić information content (AvgIpc) is 3.19. The SMILES string of the molecule is CC1(c2ccccc2)CCCN(C(=O)C2CC(c3ccncc3)NN2)C1. The van der Waals surface area contributed by atoms with Crippen LogP contribution in [0, 0.1) is 0 Å². The van der Waals surface area contributed by atoms with Crippen molar-refractivity contribution in [1.82, 2.24) is 20.7 Å². The van der Waals surface area contributed by atoms with Gasteiger partial charge in [0.25, 0.3) is 0 Å². The summed E-state index contributed by atoms with van der Waals surface area (Å²) in [4.78, 5) is 19.2. The number of aromatic nitrogens is 1.